The molecule has 1 N–H and O–H groups in total. The van der Waals surface area contributed by atoms with E-state index in [4.69, 9.17) is 9.47 Å². The minimum absolute atomic E-state index is 0.123. The molecule has 7 nitrogen and oxygen atoms in total. The standard InChI is InChI=1S/C25H27FN2O5S/c1-2-33-23-12-10-22(11-13-23)28(34(30,31)24-14-8-21(26)9-15-24)18-25(29)27-16-17-32-19-20-6-4-3-5-7-20/h3-15H,2,16-19H2,1H3,(H,27,29). The van der Waals surface area contributed by atoms with Gasteiger partial charge in [0.1, 0.15) is 18.1 Å². The fraction of sp³-hybridized carbons (Fsp3) is 0.240. The van der Waals surface area contributed by atoms with E-state index in [1.165, 1.54) is 12.1 Å². The second kappa shape index (κ2) is 12.2. The summed E-state index contributed by atoms with van der Waals surface area (Å²) in [4.78, 5) is 12.5. The maximum atomic E-state index is 13.3. The molecule has 9 heteroatoms. The average molecular weight is 487 g/mol. The van der Waals surface area contributed by atoms with E-state index in [9.17, 15) is 17.6 Å². The van der Waals surface area contributed by atoms with Crippen molar-refractivity contribution in [1.29, 1.82) is 0 Å². The predicted octanol–water partition coefficient (Wildman–Crippen LogP) is 3.75. The number of nitrogens with one attached hydrogen (secondary N) is 1. The molecular formula is C25H27FN2O5S. The van der Waals surface area contributed by atoms with Crippen molar-refractivity contribution in [2.75, 3.05) is 30.6 Å². The molecule has 0 unspecified atom stereocenters. The number of carbonyl (C=O) groups is 1. The lowest BCUT2D eigenvalue weighted by Gasteiger charge is -2.24. The van der Waals surface area contributed by atoms with E-state index in [0.29, 0.717) is 19.0 Å². The van der Waals surface area contributed by atoms with Crippen molar-refractivity contribution in [3.63, 3.8) is 0 Å². The van der Waals surface area contributed by atoms with Crippen LogP contribution in [0.4, 0.5) is 10.1 Å². The molecule has 0 aromatic heterocycles. The largest absolute Gasteiger partial charge is 0.494 e. The summed E-state index contributed by atoms with van der Waals surface area (Å²) in [5.74, 6) is -0.479. The van der Waals surface area contributed by atoms with Crippen molar-refractivity contribution in [3.05, 3.63) is 90.2 Å². The van der Waals surface area contributed by atoms with Crippen LogP contribution in [0.15, 0.2) is 83.8 Å². The second-order valence-electron chi connectivity index (χ2n) is 7.28. The Kier molecular flexibility index (Phi) is 9.00. The number of rotatable bonds is 12. The van der Waals surface area contributed by atoms with Crippen molar-refractivity contribution in [3.8, 4) is 5.75 Å². The molecule has 1 amide bonds. The maximum Gasteiger partial charge on any atom is 0.264 e. The van der Waals surface area contributed by atoms with Gasteiger partial charge in [0.15, 0.2) is 0 Å². The van der Waals surface area contributed by atoms with Crippen LogP contribution in [0.2, 0.25) is 0 Å². The van der Waals surface area contributed by atoms with Crippen LogP contribution >= 0.6 is 0 Å². The zero-order valence-corrected chi connectivity index (χ0v) is 19.6. The van der Waals surface area contributed by atoms with Gasteiger partial charge in [-0.3, -0.25) is 9.10 Å². The van der Waals surface area contributed by atoms with Gasteiger partial charge in [0.25, 0.3) is 10.0 Å². The number of hydrogen-bond donors (Lipinski definition) is 1. The van der Waals surface area contributed by atoms with Crippen molar-refractivity contribution < 1.29 is 27.1 Å². The van der Waals surface area contributed by atoms with Crippen LogP contribution in [-0.2, 0) is 26.2 Å². The number of hydrogen-bond acceptors (Lipinski definition) is 5. The van der Waals surface area contributed by atoms with Crippen LogP contribution in [0, 0.1) is 5.82 Å². The summed E-state index contributed by atoms with van der Waals surface area (Å²) in [5, 5.41) is 2.68. The molecule has 3 rings (SSSR count). The van der Waals surface area contributed by atoms with Gasteiger partial charge >= 0.3 is 0 Å². The molecule has 0 bridgehead atoms. The van der Waals surface area contributed by atoms with E-state index >= 15 is 0 Å². The van der Waals surface area contributed by atoms with E-state index in [2.05, 4.69) is 5.32 Å². The van der Waals surface area contributed by atoms with E-state index in [0.717, 1.165) is 22.0 Å². The first kappa shape index (κ1) is 25.2. The number of sulfonamides is 1. The summed E-state index contributed by atoms with van der Waals surface area (Å²) < 4.78 is 51.9. The van der Waals surface area contributed by atoms with Gasteiger partial charge in [0, 0.05) is 6.54 Å². The number of nitrogens with zero attached hydrogens (tertiary/aromatic N) is 1. The summed E-state index contributed by atoms with van der Waals surface area (Å²) in [6.07, 6.45) is 0. The highest BCUT2D eigenvalue weighted by molar-refractivity contribution is 7.92. The molecule has 0 aliphatic carbocycles. The third-order valence-corrected chi connectivity index (χ3v) is 6.59. The normalized spacial score (nSPS) is 11.1. The fourth-order valence-electron chi connectivity index (χ4n) is 3.14. The minimum atomic E-state index is -4.13. The lowest BCUT2D eigenvalue weighted by Crippen LogP contribution is -2.41. The van der Waals surface area contributed by atoms with Gasteiger partial charge in [-0.05, 0) is 61.0 Å². The van der Waals surface area contributed by atoms with Crippen LogP contribution in [0.5, 0.6) is 5.75 Å². The predicted molar refractivity (Wildman–Crippen MR) is 128 cm³/mol. The van der Waals surface area contributed by atoms with E-state index in [1.54, 1.807) is 24.3 Å². The number of anilines is 1. The van der Waals surface area contributed by atoms with Gasteiger partial charge in [-0.2, -0.15) is 0 Å². The number of halogens is 1. The summed E-state index contributed by atoms with van der Waals surface area (Å²) in [7, 11) is -4.13. The smallest absolute Gasteiger partial charge is 0.264 e. The highest BCUT2D eigenvalue weighted by Gasteiger charge is 2.27. The van der Waals surface area contributed by atoms with Gasteiger partial charge in [-0.1, -0.05) is 30.3 Å². The molecular weight excluding hydrogens is 459 g/mol. The molecule has 3 aromatic carbocycles. The maximum absolute atomic E-state index is 13.3. The van der Waals surface area contributed by atoms with Crippen LogP contribution in [0.25, 0.3) is 0 Å². The zero-order valence-electron chi connectivity index (χ0n) is 18.8. The summed E-state index contributed by atoms with van der Waals surface area (Å²) in [6, 6.07) is 20.5. The van der Waals surface area contributed by atoms with Crippen LogP contribution in [-0.4, -0.2) is 40.6 Å². The topological polar surface area (TPSA) is 84.9 Å². The summed E-state index contributed by atoms with van der Waals surface area (Å²) in [6.45, 7) is 2.76. The molecule has 0 saturated carbocycles. The zero-order chi connectivity index (χ0) is 24.4. The van der Waals surface area contributed by atoms with Crippen LogP contribution in [0.3, 0.4) is 0 Å². The quantitative estimate of drug-likeness (QED) is 0.394. The number of ether oxygens (including phenoxy) is 2. The van der Waals surface area contributed by atoms with Crippen molar-refractivity contribution in [1.82, 2.24) is 5.32 Å². The Labute approximate surface area is 199 Å². The first-order valence-electron chi connectivity index (χ1n) is 10.8. The monoisotopic (exact) mass is 486 g/mol. The Bertz CT molecular complexity index is 1150. The Balaban J connectivity index is 1.67. The van der Waals surface area contributed by atoms with Crippen molar-refractivity contribution >= 4 is 21.6 Å². The Hall–Kier alpha value is -3.43. The van der Waals surface area contributed by atoms with Gasteiger partial charge in [0.05, 0.1) is 30.4 Å². The fourth-order valence-corrected chi connectivity index (χ4v) is 4.56. The molecule has 180 valence electrons. The average Bonchev–Trinajstić information content (AvgIpc) is 2.84. The summed E-state index contributed by atoms with van der Waals surface area (Å²) in [5.41, 5.74) is 1.30. The van der Waals surface area contributed by atoms with E-state index in [-0.39, 0.29) is 23.7 Å². The third kappa shape index (κ3) is 7.03. The van der Waals surface area contributed by atoms with Crippen molar-refractivity contribution in [2.24, 2.45) is 0 Å². The van der Waals surface area contributed by atoms with Crippen molar-refractivity contribution in [2.45, 2.75) is 18.4 Å². The molecule has 0 spiro atoms. The first-order chi connectivity index (χ1) is 16.4. The van der Waals surface area contributed by atoms with Gasteiger partial charge in [0.2, 0.25) is 5.91 Å². The molecule has 0 radical (unpaired) electrons. The van der Waals surface area contributed by atoms with E-state index < -0.39 is 28.3 Å². The Morgan fingerprint density at radius 3 is 2.29 bits per heavy atom. The van der Waals surface area contributed by atoms with Gasteiger partial charge in [-0.25, -0.2) is 12.8 Å². The minimum Gasteiger partial charge on any atom is -0.494 e. The SMILES string of the molecule is CCOc1ccc(N(CC(=O)NCCOCc2ccccc2)S(=O)(=O)c2ccc(F)cc2)cc1. The lowest BCUT2D eigenvalue weighted by molar-refractivity contribution is -0.119. The molecule has 3 aromatic rings. The molecule has 0 saturated heterocycles. The highest BCUT2D eigenvalue weighted by atomic mass is 32.2. The van der Waals surface area contributed by atoms with Crippen LogP contribution in [0.1, 0.15) is 12.5 Å². The number of carbonyl (C=O) groups excluding carboxylic acids is 1. The number of benzene rings is 3. The first-order valence-corrected chi connectivity index (χ1v) is 12.2. The van der Waals surface area contributed by atoms with Crippen LogP contribution < -0.4 is 14.4 Å². The molecule has 0 atom stereocenters. The molecule has 0 aliphatic heterocycles. The van der Waals surface area contributed by atoms with Gasteiger partial charge < -0.3 is 14.8 Å². The Morgan fingerprint density at radius 1 is 0.971 bits per heavy atom. The summed E-state index contributed by atoms with van der Waals surface area (Å²) >= 11 is 0. The molecule has 34 heavy (non-hydrogen) atoms. The molecule has 0 fully saturated rings. The molecule has 0 aliphatic rings. The third-order valence-electron chi connectivity index (χ3n) is 4.80. The Morgan fingerprint density at radius 2 is 1.65 bits per heavy atom. The number of amides is 1. The van der Waals surface area contributed by atoms with E-state index in [1.807, 2.05) is 37.3 Å². The van der Waals surface area contributed by atoms with Gasteiger partial charge in [-0.15, -0.1) is 0 Å². The second-order valence-corrected chi connectivity index (χ2v) is 9.14. The molecule has 0 heterocycles. The lowest BCUT2D eigenvalue weighted by atomic mass is 10.2. The highest BCUT2D eigenvalue weighted by Crippen LogP contribution is 2.26.